The molecule has 3 aromatic rings. The molecule has 0 atom stereocenters. The molecule has 2 heterocycles. The lowest BCUT2D eigenvalue weighted by atomic mass is 10.3. The number of thiophene rings is 1. The fraction of sp³-hybridized carbons (Fsp3) is 0.250. The summed E-state index contributed by atoms with van der Waals surface area (Å²) in [7, 11) is 0. The monoisotopic (exact) mass is 461 g/mol. The number of hydrogen-bond acceptors (Lipinski definition) is 8. The largest absolute Gasteiger partial charge is 0.492 e. The first-order chi connectivity index (χ1) is 14.9. The van der Waals surface area contributed by atoms with Crippen LogP contribution in [0.1, 0.15) is 18.7 Å². The first-order valence-corrected chi connectivity index (χ1v) is 11.0. The first kappa shape index (κ1) is 22.4. The number of nitrogens with zero attached hydrogens (tertiary/aromatic N) is 3. The maximum atomic E-state index is 12.4. The van der Waals surface area contributed by atoms with Gasteiger partial charge >= 0.3 is 11.0 Å². The fourth-order valence-corrected chi connectivity index (χ4v) is 4.53. The highest BCUT2D eigenvalue weighted by Gasteiger charge is 2.15. The molecule has 0 spiro atoms. The lowest BCUT2D eigenvalue weighted by Crippen LogP contribution is -2.23. The van der Waals surface area contributed by atoms with Crippen molar-refractivity contribution in [2.24, 2.45) is 4.99 Å². The summed E-state index contributed by atoms with van der Waals surface area (Å²) >= 11 is 2.21. The number of nitro groups is 1. The number of hydrogen-bond donors (Lipinski definition) is 0. The predicted molar refractivity (Wildman–Crippen MR) is 118 cm³/mol. The average Bonchev–Trinajstić information content (AvgIpc) is 3.33. The molecule has 9 nitrogen and oxygen atoms in total. The highest BCUT2D eigenvalue weighted by molar-refractivity contribution is 7.16. The third-order valence-corrected chi connectivity index (χ3v) is 5.99. The number of thiazole rings is 1. The summed E-state index contributed by atoms with van der Waals surface area (Å²) in [6.45, 7) is 4.13. The molecule has 0 saturated heterocycles. The zero-order chi connectivity index (χ0) is 22.4. The van der Waals surface area contributed by atoms with Gasteiger partial charge in [0.2, 0.25) is 0 Å². The number of aromatic nitrogens is 1. The number of carbonyl (C=O) groups is 2. The van der Waals surface area contributed by atoms with E-state index in [9.17, 15) is 19.7 Å². The summed E-state index contributed by atoms with van der Waals surface area (Å²) < 4.78 is 13.2. The number of rotatable bonds is 8. The van der Waals surface area contributed by atoms with Crippen molar-refractivity contribution in [2.45, 2.75) is 20.4 Å². The number of para-hydroxylation sites is 1. The zero-order valence-corrected chi connectivity index (χ0v) is 18.4. The third-order valence-electron chi connectivity index (χ3n) is 3.94. The number of carbonyl (C=O) groups excluding carboxylic acids is 2. The summed E-state index contributed by atoms with van der Waals surface area (Å²) in [5, 5.41) is 10.8. The van der Waals surface area contributed by atoms with Crippen molar-refractivity contribution in [3.8, 4) is 5.75 Å². The lowest BCUT2D eigenvalue weighted by molar-refractivity contribution is -0.380. The normalized spacial score (nSPS) is 11.9. The molecule has 0 bridgehead atoms. The average molecular weight is 462 g/mol. The molecule has 162 valence electrons. The molecular weight excluding hydrogens is 442 g/mol. The van der Waals surface area contributed by atoms with Crippen LogP contribution < -0.4 is 9.54 Å². The highest BCUT2D eigenvalue weighted by Crippen LogP contribution is 2.28. The standard InChI is InChI=1S/C20H19N3O6S2/c1-3-28-14-6-5-7-15-19(14)22(12-18(25)29-4-2)20(31-15)21-16(24)10-8-13-9-11-17(30-13)23(26)27/h5-11H,3-4,12H2,1-2H3. The van der Waals surface area contributed by atoms with Crippen LogP contribution >= 0.6 is 22.7 Å². The van der Waals surface area contributed by atoms with Gasteiger partial charge in [-0.2, -0.15) is 4.99 Å². The Morgan fingerprint density at radius 2 is 2.00 bits per heavy atom. The minimum atomic E-state index is -0.557. The molecule has 2 aromatic heterocycles. The van der Waals surface area contributed by atoms with E-state index < -0.39 is 16.8 Å². The van der Waals surface area contributed by atoms with Crippen molar-refractivity contribution in [3.05, 3.63) is 56.2 Å². The van der Waals surface area contributed by atoms with E-state index in [-0.39, 0.29) is 18.2 Å². The minimum Gasteiger partial charge on any atom is -0.492 e. The van der Waals surface area contributed by atoms with Gasteiger partial charge in [0.25, 0.3) is 5.91 Å². The predicted octanol–water partition coefficient (Wildman–Crippen LogP) is 3.78. The molecule has 1 amide bonds. The number of benzene rings is 1. The van der Waals surface area contributed by atoms with E-state index in [2.05, 4.69) is 4.99 Å². The Hall–Kier alpha value is -3.31. The van der Waals surface area contributed by atoms with E-state index in [1.54, 1.807) is 23.6 Å². The van der Waals surface area contributed by atoms with Gasteiger partial charge in [-0.1, -0.05) is 28.7 Å². The van der Waals surface area contributed by atoms with Crippen LogP contribution in [0.3, 0.4) is 0 Å². The van der Waals surface area contributed by atoms with Crippen molar-refractivity contribution in [1.29, 1.82) is 0 Å². The van der Waals surface area contributed by atoms with Gasteiger partial charge in [0.15, 0.2) is 4.80 Å². The second-order valence-corrected chi connectivity index (χ2v) is 8.13. The molecule has 0 radical (unpaired) electrons. The zero-order valence-electron chi connectivity index (χ0n) is 16.8. The molecule has 0 aliphatic rings. The molecule has 3 rings (SSSR count). The number of esters is 1. The van der Waals surface area contributed by atoms with Gasteiger partial charge in [-0.25, -0.2) is 0 Å². The van der Waals surface area contributed by atoms with Crippen molar-refractivity contribution in [2.75, 3.05) is 13.2 Å². The Bertz CT molecular complexity index is 1220. The molecule has 0 unspecified atom stereocenters. The number of amides is 1. The summed E-state index contributed by atoms with van der Waals surface area (Å²) in [5.74, 6) is -0.432. The van der Waals surface area contributed by atoms with Crippen LogP contribution in [0.4, 0.5) is 5.00 Å². The Labute approximate surface area is 185 Å². The maximum absolute atomic E-state index is 12.4. The topological polar surface area (TPSA) is 113 Å². The van der Waals surface area contributed by atoms with Crippen LogP contribution in [0.5, 0.6) is 5.75 Å². The molecule has 11 heteroatoms. The van der Waals surface area contributed by atoms with E-state index in [0.717, 1.165) is 16.0 Å². The molecule has 0 aliphatic heterocycles. The molecule has 0 aliphatic carbocycles. The first-order valence-electron chi connectivity index (χ1n) is 9.34. The SMILES string of the molecule is CCOC(=O)Cn1c(=NC(=O)C=Cc2ccc([N+](=O)[O-])s2)sc2cccc(OCC)c21. The van der Waals surface area contributed by atoms with E-state index in [4.69, 9.17) is 9.47 Å². The highest BCUT2D eigenvalue weighted by atomic mass is 32.1. The second-order valence-electron chi connectivity index (χ2n) is 6.03. The van der Waals surface area contributed by atoms with Crippen molar-refractivity contribution in [3.63, 3.8) is 0 Å². The van der Waals surface area contributed by atoms with Crippen LogP contribution in [-0.4, -0.2) is 34.6 Å². The van der Waals surface area contributed by atoms with E-state index in [1.165, 1.54) is 29.6 Å². The van der Waals surface area contributed by atoms with E-state index in [0.29, 0.717) is 27.6 Å². The van der Waals surface area contributed by atoms with Gasteiger partial charge in [-0.05, 0) is 38.1 Å². The molecule has 0 saturated carbocycles. The molecule has 0 N–H and O–H groups in total. The quantitative estimate of drug-likeness (QED) is 0.218. The van der Waals surface area contributed by atoms with Crippen LogP contribution in [0.15, 0.2) is 41.4 Å². The summed E-state index contributed by atoms with van der Waals surface area (Å²) in [6, 6.07) is 8.40. The van der Waals surface area contributed by atoms with Crippen LogP contribution in [0.2, 0.25) is 0 Å². The molecule has 1 aromatic carbocycles. The Morgan fingerprint density at radius 3 is 2.68 bits per heavy atom. The minimum absolute atomic E-state index is 0.00993. The van der Waals surface area contributed by atoms with Gasteiger partial charge in [0.05, 0.1) is 22.8 Å². The Morgan fingerprint density at radius 1 is 1.19 bits per heavy atom. The van der Waals surface area contributed by atoms with Gasteiger partial charge in [0.1, 0.15) is 17.8 Å². The molecular formula is C20H19N3O6S2. The van der Waals surface area contributed by atoms with Crippen molar-refractivity contribution in [1.82, 2.24) is 4.57 Å². The van der Waals surface area contributed by atoms with E-state index in [1.807, 2.05) is 19.1 Å². The lowest BCUT2D eigenvalue weighted by Gasteiger charge is -2.09. The third kappa shape index (κ3) is 5.44. The Balaban J connectivity index is 2.00. The van der Waals surface area contributed by atoms with Gasteiger partial charge in [-0.3, -0.25) is 19.7 Å². The maximum Gasteiger partial charge on any atom is 0.326 e. The van der Waals surface area contributed by atoms with Crippen LogP contribution in [-0.2, 0) is 20.9 Å². The summed E-state index contributed by atoms with van der Waals surface area (Å²) in [6.07, 6.45) is 2.70. The summed E-state index contributed by atoms with van der Waals surface area (Å²) in [4.78, 5) is 39.9. The smallest absolute Gasteiger partial charge is 0.326 e. The number of fused-ring (bicyclic) bond motifs is 1. The van der Waals surface area contributed by atoms with Gasteiger partial charge < -0.3 is 14.0 Å². The molecule has 31 heavy (non-hydrogen) atoms. The van der Waals surface area contributed by atoms with Crippen molar-refractivity contribution < 1.29 is 24.0 Å². The number of ether oxygens (including phenoxy) is 2. The summed E-state index contributed by atoms with van der Waals surface area (Å²) in [5.41, 5.74) is 0.659. The van der Waals surface area contributed by atoms with Crippen LogP contribution in [0.25, 0.3) is 16.3 Å². The fourth-order valence-electron chi connectivity index (χ4n) is 2.75. The van der Waals surface area contributed by atoms with Gasteiger partial charge in [-0.15, -0.1) is 0 Å². The second kappa shape index (κ2) is 10.1. The molecule has 0 fully saturated rings. The van der Waals surface area contributed by atoms with Gasteiger partial charge in [0, 0.05) is 17.0 Å². The van der Waals surface area contributed by atoms with Crippen LogP contribution in [0, 0.1) is 10.1 Å². The Kier molecular flexibility index (Phi) is 7.32. The van der Waals surface area contributed by atoms with E-state index >= 15 is 0 Å². The van der Waals surface area contributed by atoms with Crippen molar-refractivity contribution >= 4 is 55.8 Å².